The van der Waals surface area contributed by atoms with E-state index in [1.54, 1.807) is 0 Å². The van der Waals surface area contributed by atoms with Crippen LogP contribution in [0, 0.1) is 11.8 Å². The topological polar surface area (TPSA) is 12.0 Å². The van der Waals surface area contributed by atoms with Crippen molar-refractivity contribution in [2.75, 3.05) is 6.54 Å². The van der Waals surface area contributed by atoms with Crippen LogP contribution >= 0.6 is 15.9 Å². The third-order valence-corrected chi connectivity index (χ3v) is 4.41. The fourth-order valence-electron chi connectivity index (χ4n) is 2.72. The predicted molar refractivity (Wildman–Crippen MR) is 77.1 cm³/mol. The van der Waals surface area contributed by atoms with Crippen molar-refractivity contribution in [2.24, 2.45) is 11.8 Å². The van der Waals surface area contributed by atoms with Gasteiger partial charge in [-0.25, -0.2) is 0 Å². The van der Waals surface area contributed by atoms with Gasteiger partial charge in [-0.05, 0) is 55.8 Å². The zero-order valence-electron chi connectivity index (χ0n) is 10.7. The van der Waals surface area contributed by atoms with Gasteiger partial charge >= 0.3 is 0 Å². The highest BCUT2D eigenvalue weighted by molar-refractivity contribution is 9.10. The maximum absolute atomic E-state index is 3.67. The second-order valence-corrected chi connectivity index (χ2v) is 6.38. The Balaban J connectivity index is 1.81. The second kappa shape index (κ2) is 6.01. The average molecular weight is 296 g/mol. The molecule has 3 atom stereocenters. The lowest BCUT2D eigenvalue weighted by atomic mass is 10.0. The number of halogens is 1. The molecule has 94 valence electrons. The zero-order chi connectivity index (χ0) is 12.3. The van der Waals surface area contributed by atoms with Crippen LogP contribution in [0.25, 0.3) is 0 Å². The van der Waals surface area contributed by atoms with Crippen molar-refractivity contribution in [1.29, 1.82) is 0 Å². The third-order valence-electron chi connectivity index (χ3n) is 3.89. The number of hydrogen-bond acceptors (Lipinski definition) is 1. The average Bonchev–Trinajstić information content (AvgIpc) is 2.73. The zero-order valence-corrected chi connectivity index (χ0v) is 12.3. The summed E-state index contributed by atoms with van der Waals surface area (Å²) in [7, 11) is 0. The summed E-state index contributed by atoms with van der Waals surface area (Å²) in [5.41, 5.74) is 1.37. The second-order valence-electron chi connectivity index (χ2n) is 5.47. The first kappa shape index (κ1) is 13.1. The van der Waals surface area contributed by atoms with E-state index >= 15 is 0 Å². The quantitative estimate of drug-likeness (QED) is 0.860. The molecule has 0 amide bonds. The molecule has 1 fully saturated rings. The molecule has 3 unspecified atom stereocenters. The van der Waals surface area contributed by atoms with Crippen molar-refractivity contribution >= 4 is 15.9 Å². The van der Waals surface area contributed by atoms with E-state index in [0.29, 0.717) is 6.04 Å². The summed E-state index contributed by atoms with van der Waals surface area (Å²) in [4.78, 5) is 0. The van der Waals surface area contributed by atoms with Crippen molar-refractivity contribution in [2.45, 2.75) is 39.2 Å². The van der Waals surface area contributed by atoms with E-state index in [0.717, 1.165) is 16.3 Å². The summed E-state index contributed by atoms with van der Waals surface area (Å²) in [5, 5.41) is 3.67. The molecule has 1 aliphatic rings. The molecular formula is C15H22BrN. The molecule has 0 heterocycles. The van der Waals surface area contributed by atoms with Gasteiger partial charge in [-0.15, -0.1) is 0 Å². The highest BCUT2D eigenvalue weighted by Crippen LogP contribution is 2.30. The van der Waals surface area contributed by atoms with Gasteiger partial charge in [-0.1, -0.05) is 41.4 Å². The number of hydrogen-bond donors (Lipinski definition) is 1. The van der Waals surface area contributed by atoms with Gasteiger partial charge in [0.2, 0.25) is 0 Å². The lowest BCUT2D eigenvalue weighted by Gasteiger charge is -2.17. The van der Waals surface area contributed by atoms with E-state index in [-0.39, 0.29) is 0 Å². The normalized spacial score (nSPS) is 26.1. The monoisotopic (exact) mass is 295 g/mol. The summed E-state index contributed by atoms with van der Waals surface area (Å²) in [5.74, 6) is 1.83. The fourth-order valence-corrected chi connectivity index (χ4v) is 2.99. The maximum Gasteiger partial charge on any atom is 0.0291 e. The third kappa shape index (κ3) is 3.82. The van der Waals surface area contributed by atoms with Gasteiger partial charge in [-0.2, -0.15) is 0 Å². The highest BCUT2D eigenvalue weighted by atomic mass is 79.9. The Morgan fingerprint density at radius 1 is 1.29 bits per heavy atom. The van der Waals surface area contributed by atoms with Crippen LogP contribution in [0.3, 0.4) is 0 Å². The Kier molecular flexibility index (Phi) is 4.63. The Bertz CT molecular complexity index is 346. The molecule has 0 aromatic heterocycles. The summed E-state index contributed by atoms with van der Waals surface area (Å²) < 4.78 is 1.15. The Morgan fingerprint density at radius 2 is 2.00 bits per heavy atom. The van der Waals surface area contributed by atoms with Crippen LogP contribution in [0.15, 0.2) is 28.7 Å². The van der Waals surface area contributed by atoms with E-state index in [1.807, 2.05) is 0 Å². The molecule has 0 spiro atoms. The van der Waals surface area contributed by atoms with Crippen LogP contribution in [-0.4, -0.2) is 6.54 Å². The number of benzene rings is 1. The molecule has 2 rings (SSSR count). The van der Waals surface area contributed by atoms with Crippen molar-refractivity contribution in [3.05, 3.63) is 34.3 Å². The van der Waals surface area contributed by atoms with Gasteiger partial charge in [0, 0.05) is 10.5 Å². The van der Waals surface area contributed by atoms with E-state index < -0.39 is 0 Å². The van der Waals surface area contributed by atoms with Crippen molar-refractivity contribution < 1.29 is 0 Å². The summed E-state index contributed by atoms with van der Waals surface area (Å²) in [6.07, 6.45) is 4.22. The first-order valence-corrected chi connectivity index (χ1v) is 7.43. The van der Waals surface area contributed by atoms with Crippen LogP contribution < -0.4 is 5.32 Å². The fraction of sp³-hybridized carbons (Fsp3) is 0.600. The number of rotatable bonds is 4. The molecule has 0 saturated heterocycles. The molecule has 1 saturated carbocycles. The molecule has 0 aliphatic heterocycles. The van der Waals surface area contributed by atoms with Crippen molar-refractivity contribution in [1.82, 2.24) is 5.32 Å². The van der Waals surface area contributed by atoms with Gasteiger partial charge in [0.05, 0.1) is 0 Å². The summed E-state index contributed by atoms with van der Waals surface area (Å²) in [6.45, 7) is 5.79. The molecule has 17 heavy (non-hydrogen) atoms. The Morgan fingerprint density at radius 3 is 2.59 bits per heavy atom. The van der Waals surface area contributed by atoms with Gasteiger partial charge < -0.3 is 5.32 Å². The molecule has 1 aromatic carbocycles. The van der Waals surface area contributed by atoms with E-state index in [4.69, 9.17) is 0 Å². The predicted octanol–water partition coefficient (Wildman–Crippen LogP) is 4.54. The van der Waals surface area contributed by atoms with Crippen LogP contribution in [0.5, 0.6) is 0 Å². The largest absolute Gasteiger partial charge is 0.310 e. The van der Waals surface area contributed by atoms with Crippen LogP contribution in [0.4, 0.5) is 0 Å². The van der Waals surface area contributed by atoms with Crippen LogP contribution in [0.1, 0.15) is 44.7 Å². The molecule has 1 N–H and O–H groups in total. The van der Waals surface area contributed by atoms with E-state index in [2.05, 4.69) is 59.4 Å². The molecule has 0 bridgehead atoms. The lowest BCUT2D eigenvalue weighted by molar-refractivity contribution is 0.440. The molecular weight excluding hydrogens is 274 g/mol. The first-order chi connectivity index (χ1) is 8.15. The minimum Gasteiger partial charge on any atom is -0.310 e. The van der Waals surface area contributed by atoms with Crippen LogP contribution in [0.2, 0.25) is 0 Å². The highest BCUT2D eigenvalue weighted by Gasteiger charge is 2.21. The summed E-state index contributed by atoms with van der Waals surface area (Å²) >= 11 is 3.47. The molecule has 1 aliphatic carbocycles. The molecule has 1 aromatic rings. The van der Waals surface area contributed by atoms with Gasteiger partial charge in [0.15, 0.2) is 0 Å². The Labute approximate surface area is 113 Å². The van der Waals surface area contributed by atoms with Crippen LogP contribution in [-0.2, 0) is 0 Å². The first-order valence-electron chi connectivity index (χ1n) is 6.64. The number of nitrogens with one attached hydrogen (secondary N) is 1. The standard InChI is InChI=1S/C15H22BrN/c1-11-3-4-13(9-11)10-17-12(2)14-5-7-15(16)8-6-14/h5-8,11-13,17H,3-4,9-10H2,1-2H3. The van der Waals surface area contributed by atoms with Gasteiger partial charge in [0.1, 0.15) is 0 Å². The lowest BCUT2D eigenvalue weighted by Crippen LogP contribution is -2.24. The van der Waals surface area contributed by atoms with Crippen molar-refractivity contribution in [3.63, 3.8) is 0 Å². The van der Waals surface area contributed by atoms with Gasteiger partial charge in [0.25, 0.3) is 0 Å². The molecule has 2 heteroatoms. The summed E-state index contributed by atoms with van der Waals surface area (Å²) in [6, 6.07) is 9.08. The smallest absolute Gasteiger partial charge is 0.0291 e. The minimum absolute atomic E-state index is 0.457. The maximum atomic E-state index is 3.67. The van der Waals surface area contributed by atoms with E-state index in [9.17, 15) is 0 Å². The molecule has 0 radical (unpaired) electrons. The van der Waals surface area contributed by atoms with E-state index in [1.165, 1.54) is 31.4 Å². The van der Waals surface area contributed by atoms with Gasteiger partial charge in [-0.3, -0.25) is 0 Å². The Hall–Kier alpha value is -0.340. The molecule has 1 nitrogen and oxygen atoms in total. The SMILES string of the molecule is CC1CCC(CNC(C)c2ccc(Br)cc2)C1. The minimum atomic E-state index is 0.457. The van der Waals surface area contributed by atoms with Crippen molar-refractivity contribution in [3.8, 4) is 0 Å².